The van der Waals surface area contributed by atoms with E-state index < -0.39 is 5.92 Å². The lowest BCUT2D eigenvalue weighted by atomic mass is 9.96. The first-order chi connectivity index (χ1) is 15.9. The van der Waals surface area contributed by atoms with Gasteiger partial charge in [0.2, 0.25) is 0 Å². The van der Waals surface area contributed by atoms with Crippen LogP contribution < -0.4 is 0 Å². The molecule has 0 spiro atoms. The number of likely N-dealkylation sites (tertiary alicyclic amines) is 1. The number of amides is 1. The molecule has 0 bridgehead atoms. The molecule has 0 N–H and O–H groups in total. The fraction of sp³-hybridized carbons (Fsp3) is 0.259. The van der Waals surface area contributed by atoms with Crippen molar-refractivity contribution in [2.24, 2.45) is 0 Å². The molecule has 0 aliphatic carbocycles. The summed E-state index contributed by atoms with van der Waals surface area (Å²) in [6.45, 7) is 2.23. The molecule has 5 rings (SSSR count). The topological polar surface area (TPSA) is 46.3 Å². The highest BCUT2D eigenvalue weighted by Crippen LogP contribution is 2.36. The molecule has 0 atom stereocenters. The largest absolute Gasteiger partial charge is 0.460 e. The maximum absolute atomic E-state index is 13.4. The quantitative estimate of drug-likeness (QED) is 0.355. The third-order valence-electron chi connectivity index (χ3n) is 6.25. The number of hydrogen-bond donors (Lipinski definition) is 0. The molecule has 1 amide bonds. The minimum Gasteiger partial charge on any atom is -0.460 e. The Labute approximate surface area is 190 Å². The molecular weight excluding hydrogens is 422 g/mol. The van der Waals surface area contributed by atoms with Crippen LogP contribution in [0.4, 0.5) is 8.78 Å². The van der Waals surface area contributed by atoms with E-state index in [9.17, 15) is 13.6 Å². The summed E-state index contributed by atoms with van der Waals surface area (Å²) in [7, 11) is 0. The number of fused-ring (bicyclic) bond motifs is 1. The summed E-state index contributed by atoms with van der Waals surface area (Å²) in [5, 5.41) is 1.02. The van der Waals surface area contributed by atoms with Crippen molar-refractivity contribution in [2.75, 3.05) is 13.1 Å². The van der Waals surface area contributed by atoms with Crippen LogP contribution in [0.25, 0.3) is 33.2 Å². The molecule has 1 saturated heterocycles. The molecule has 1 aliphatic heterocycles. The van der Waals surface area contributed by atoms with Crippen molar-refractivity contribution in [1.82, 2.24) is 9.88 Å². The molecule has 33 heavy (non-hydrogen) atoms. The van der Waals surface area contributed by atoms with Gasteiger partial charge < -0.3 is 9.32 Å². The van der Waals surface area contributed by atoms with Crippen LogP contribution in [0.1, 0.15) is 35.9 Å². The van der Waals surface area contributed by atoms with E-state index in [-0.39, 0.29) is 31.8 Å². The molecule has 4 nitrogen and oxygen atoms in total. The highest BCUT2D eigenvalue weighted by molar-refractivity contribution is 5.98. The maximum atomic E-state index is 13.4. The number of rotatable bonds is 4. The summed E-state index contributed by atoms with van der Waals surface area (Å²) in [4.78, 5) is 18.4. The smallest absolute Gasteiger partial charge is 0.253 e. The van der Waals surface area contributed by atoms with Crippen LogP contribution in [0.3, 0.4) is 0 Å². The van der Waals surface area contributed by atoms with E-state index in [1.165, 1.54) is 4.90 Å². The lowest BCUT2D eigenvalue weighted by Gasteiger charge is -2.31. The lowest BCUT2D eigenvalue weighted by molar-refractivity contribution is -0.0494. The fourth-order valence-corrected chi connectivity index (χ4v) is 4.32. The van der Waals surface area contributed by atoms with E-state index in [4.69, 9.17) is 4.42 Å². The molecule has 1 aliphatic rings. The van der Waals surface area contributed by atoms with Crippen LogP contribution in [0.15, 0.2) is 71.4 Å². The summed E-state index contributed by atoms with van der Waals surface area (Å²) < 4.78 is 33.0. The third kappa shape index (κ3) is 4.25. The summed E-state index contributed by atoms with van der Waals surface area (Å²) in [5.74, 6) is -1.95. The zero-order valence-electron chi connectivity index (χ0n) is 18.4. The van der Waals surface area contributed by atoms with E-state index in [2.05, 4.69) is 30.1 Å². The van der Waals surface area contributed by atoms with Gasteiger partial charge >= 0.3 is 0 Å². The lowest BCUT2D eigenvalue weighted by Crippen LogP contribution is -2.42. The number of aryl methyl sites for hydroxylation is 1. The van der Waals surface area contributed by atoms with Gasteiger partial charge in [0.1, 0.15) is 11.3 Å². The van der Waals surface area contributed by atoms with Gasteiger partial charge in [0.15, 0.2) is 0 Å². The normalized spacial score (nSPS) is 15.7. The van der Waals surface area contributed by atoms with Crippen molar-refractivity contribution in [3.8, 4) is 22.3 Å². The number of hydrogen-bond acceptors (Lipinski definition) is 3. The molecule has 1 fully saturated rings. The Hall–Kier alpha value is -3.54. The van der Waals surface area contributed by atoms with Crippen molar-refractivity contribution in [3.63, 3.8) is 0 Å². The van der Waals surface area contributed by atoms with Crippen LogP contribution in [0.5, 0.6) is 0 Å². The number of piperidine rings is 1. The Morgan fingerprint density at radius 3 is 2.33 bits per heavy atom. The van der Waals surface area contributed by atoms with Gasteiger partial charge in [-0.05, 0) is 59.2 Å². The van der Waals surface area contributed by atoms with Crippen LogP contribution in [0.2, 0.25) is 0 Å². The number of carbonyl (C=O) groups is 1. The van der Waals surface area contributed by atoms with Crippen LogP contribution >= 0.6 is 0 Å². The first-order valence-electron chi connectivity index (χ1n) is 11.2. The summed E-state index contributed by atoms with van der Waals surface area (Å²) >= 11 is 0. The monoisotopic (exact) mass is 446 g/mol. The third-order valence-corrected chi connectivity index (χ3v) is 6.25. The van der Waals surface area contributed by atoms with Gasteiger partial charge in [-0.25, -0.2) is 8.78 Å². The Morgan fingerprint density at radius 2 is 1.67 bits per heavy atom. The van der Waals surface area contributed by atoms with Crippen LogP contribution in [0, 0.1) is 0 Å². The van der Waals surface area contributed by atoms with Crippen molar-refractivity contribution in [1.29, 1.82) is 0 Å². The first-order valence-corrected chi connectivity index (χ1v) is 11.2. The first kappa shape index (κ1) is 21.3. The van der Waals surface area contributed by atoms with Gasteiger partial charge in [0, 0.05) is 61.3 Å². The number of alkyl halides is 2. The molecule has 0 radical (unpaired) electrons. The van der Waals surface area contributed by atoms with Crippen molar-refractivity contribution >= 4 is 16.9 Å². The fourth-order valence-electron chi connectivity index (χ4n) is 4.32. The van der Waals surface area contributed by atoms with Crippen molar-refractivity contribution in [2.45, 2.75) is 32.1 Å². The SMILES string of the molecule is CCc1cc2cc(-c3ccc(C(=O)N4CCC(F)(F)CC4)cc3)cc(-c3ccncc3)c2o1. The molecule has 4 aromatic rings. The standard InChI is InChI=1S/C27H24F2N2O2/c1-2-23-16-22-15-21(17-24(25(22)33-23)19-7-11-30-12-8-19)18-3-5-20(6-4-18)26(32)31-13-9-27(28,29)10-14-31/h3-8,11-12,15-17H,2,9-10,13-14H2,1H3. The van der Waals surface area contributed by atoms with E-state index in [0.717, 1.165) is 45.4 Å². The average molecular weight is 446 g/mol. The Morgan fingerprint density at radius 1 is 0.970 bits per heavy atom. The zero-order chi connectivity index (χ0) is 23.0. The molecule has 2 aromatic heterocycles. The van der Waals surface area contributed by atoms with Gasteiger partial charge in [-0.2, -0.15) is 0 Å². The van der Waals surface area contributed by atoms with Gasteiger partial charge in [-0.15, -0.1) is 0 Å². The number of halogens is 2. The van der Waals surface area contributed by atoms with E-state index in [1.54, 1.807) is 24.5 Å². The zero-order valence-corrected chi connectivity index (χ0v) is 18.4. The molecule has 3 heterocycles. The molecule has 0 unspecified atom stereocenters. The molecular formula is C27H24F2N2O2. The highest BCUT2D eigenvalue weighted by Gasteiger charge is 2.35. The maximum Gasteiger partial charge on any atom is 0.253 e. The van der Waals surface area contributed by atoms with Crippen LogP contribution in [-0.2, 0) is 6.42 Å². The predicted molar refractivity (Wildman–Crippen MR) is 124 cm³/mol. The number of furan rings is 1. The number of aromatic nitrogens is 1. The van der Waals surface area contributed by atoms with Crippen molar-refractivity contribution < 1.29 is 18.0 Å². The highest BCUT2D eigenvalue weighted by atomic mass is 19.3. The number of carbonyl (C=O) groups excluding carboxylic acids is 1. The van der Waals surface area contributed by atoms with Gasteiger partial charge in [-0.3, -0.25) is 9.78 Å². The van der Waals surface area contributed by atoms with Gasteiger partial charge in [-0.1, -0.05) is 19.1 Å². The Kier molecular flexibility index (Phi) is 5.44. The minimum atomic E-state index is -2.67. The molecule has 0 saturated carbocycles. The molecule has 6 heteroatoms. The number of nitrogens with zero attached hydrogens (tertiary/aromatic N) is 2. The minimum absolute atomic E-state index is 0.0831. The van der Waals surface area contributed by atoms with E-state index >= 15 is 0 Å². The molecule has 2 aromatic carbocycles. The second kappa shape index (κ2) is 8.43. The number of pyridine rings is 1. The summed E-state index contributed by atoms with van der Waals surface area (Å²) in [6, 6.07) is 17.5. The average Bonchev–Trinajstić information content (AvgIpc) is 3.27. The second-order valence-electron chi connectivity index (χ2n) is 8.47. The van der Waals surface area contributed by atoms with Crippen LogP contribution in [-0.4, -0.2) is 34.8 Å². The number of benzene rings is 2. The van der Waals surface area contributed by atoms with E-state index in [0.29, 0.717) is 5.56 Å². The predicted octanol–water partition coefficient (Wildman–Crippen LogP) is 6.60. The molecule has 168 valence electrons. The van der Waals surface area contributed by atoms with Gasteiger partial charge in [0.25, 0.3) is 11.8 Å². The van der Waals surface area contributed by atoms with Crippen molar-refractivity contribution in [3.05, 3.63) is 78.3 Å². The van der Waals surface area contributed by atoms with E-state index in [1.807, 2.05) is 24.3 Å². The van der Waals surface area contributed by atoms with Gasteiger partial charge in [0.05, 0.1) is 0 Å². The Balaban J connectivity index is 1.47. The summed E-state index contributed by atoms with van der Waals surface area (Å²) in [5.41, 5.74) is 5.33. The summed E-state index contributed by atoms with van der Waals surface area (Å²) in [6.07, 6.45) is 3.76. The second-order valence-corrected chi connectivity index (χ2v) is 8.47. The Bertz CT molecular complexity index is 1290.